The lowest BCUT2D eigenvalue weighted by Gasteiger charge is -2.13. The minimum absolute atomic E-state index is 0.0225. The Morgan fingerprint density at radius 1 is 0.814 bits per heavy atom. The van der Waals surface area contributed by atoms with Crippen LogP contribution in [0.1, 0.15) is 28.7 Å². The molecule has 4 aromatic carbocycles. The summed E-state index contributed by atoms with van der Waals surface area (Å²) in [5.74, 6) is 0.189. The summed E-state index contributed by atoms with van der Waals surface area (Å²) >= 11 is 0. The zero-order chi connectivity index (χ0) is 30.0. The molecule has 0 aliphatic heterocycles. The van der Waals surface area contributed by atoms with Gasteiger partial charge < -0.3 is 4.42 Å². The fourth-order valence-electron chi connectivity index (χ4n) is 4.82. The van der Waals surface area contributed by atoms with Crippen molar-refractivity contribution in [3.63, 3.8) is 0 Å². The first-order valence-corrected chi connectivity index (χ1v) is 15.1. The van der Waals surface area contributed by atoms with Gasteiger partial charge in [0.05, 0.1) is 11.4 Å². The summed E-state index contributed by atoms with van der Waals surface area (Å²) in [5, 5.41) is 0. The molecule has 6 aromatic rings. The van der Waals surface area contributed by atoms with Crippen LogP contribution in [0.5, 0.6) is 0 Å². The Morgan fingerprint density at radius 3 is 2.16 bits per heavy atom. The Balaban J connectivity index is 1.29. The number of sulfonamides is 1. The summed E-state index contributed by atoms with van der Waals surface area (Å²) in [5.41, 5.74) is 2.90. The van der Waals surface area contributed by atoms with E-state index in [4.69, 9.17) is 4.42 Å². The third-order valence-corrected chi connectivity index (χ3v) is 8.37. The number of amides is 1. The average molecular weight is 591 g/mol. The van der Waals surface area contributed by atoms with Crippen molar-refractivity contribution < 1.29 is 17.6 Å². The fourth-order valence-corrected chi connectivity index (χ4v) is 6.03. The van der Waals surface area contributed by atoms with Gasteiger partial charge in [0.1, 0.15) is 5.82 Å². The normalized spacial score (nSPS) is 11.5. The van der Waals surface area contributed by atoms with E-state index in [0.717, 1.165) is 11.1 Å². The summed E-state index contributed by atoms with van der Waals surface area (Å²) in [6.07, 6.45) is 0.511. The maximum absolute atomic E-state index is 13.5. The lowest BCUT2D eigenvalue weighted by atomic mass is 10.0. The Morgan fingerprint density at radius 2 is 1.47 bits per heavy atom. The standard InChI is InChI=1S/C33H26N4O5S/c1-2-28-34-30-29(42-32(35-30)25-13-7-4-8-14-25)33(39)37(28)21-22-17-19-23(20-18-22)26-15-9-10-16-27(26)43(40,41)36-31(38)24-11-5-3-6-12-24/h3-20H,2,21H2,1H3,(H,36,38). The molecule has 1 amide bonds. The SMILES string of the molecule is CCc1nc2nc(-c3ccccc3)oc2c(=O)n1Cc1ccc(-c2ccccc2S(=O)(=O)NC(=O)c2ccccc2)cc1. The van der Waals surface area contributed by atoms with Crippen LogP contribution in [0.3, 0.4) is 0 Å². The Hall–Kier alpha value is -5.35. The number of carbonyl (C=O) groups is 1. The molecule has 0 aliphatic carbocycles. The van der Waals surface area contributed by atoms with Crippen LogP contribution in [0.2, 0.25) is 0 Å². The zero-order valence-corrected chi connectivity index (χ0v) is 23.9. The molecular weight excluding hydrogens is 564 g/mol. The van der Waals surface area contributed by atoms with Gasteiger partial charge in [-0.15, -0.1) is 0 Å². The van der Waals surface area contributed by atoms with Crippen LogP contribution in [0.4, 0.5) is 0 Å². The van der Waals surface area contributed by atoms with Gasteiger partial charge in [0.15, 0.2) is 0 Å². The van der Waals surface area contributed by atoms with E-state index >= 15 is 0 Å². The summed E-state index contributed by atoms with van der Waals surface area (Å²) in [6.45, 7) is 2.15. The number of hydrogen-bond acceptors (Lipinski definition) is 7. The van der Waals surface area contributed by atoms with Crippen LogP contribution in [0.15, 0.2) is 123 Å². The second-order valence-electron chi connectivity index (χ2n) is 9.80. The van der Waals surface area contributed by atoms with Gasteiger partial charge in [-0.25, -0.2) is 18.1 Å². The smallest absolute Gasteiger partial charge is 0.299 e. The largest absolute Gasteiger partial charge is 0.428 e. The van der Waals surface area contributed by atoms with Crippen molar-refractivity contribution in [2.24, 2.45) is 0 Å². The van der Waals surface area contributed by atoms with Gasteiger partial charge in [0.25, 0.3) is 21.5 Å². The van der Waals surface area contributed by atoms with Crippen molar-refractivity contribution in [3.8, 4) is 22.6 Å². The maximum Gasteiger partial charge on any atom is 0.299 e. The van der Waals surface area contributed by atoms with E-state index in [2.05, 4.69) is 14.7 Å². The van der Waals surface area contributed by atoms with E-state index in [9.17, 15) is 18.0 Å². The molecular formula is C33H26N4O5S. The predicted octanol–water partition coefficient (Wildman–Crippen LogP) is 5.45. The summed E-state index contributed by atoms with van der Waals surface area (Å²) in [4.78, 5) is 35.1. The number of nitrogens with zero attached hydrogens (tertiary/aromatic N) is 3. The van der Waals surface area contributed by atoms with Crippen LogP contribution in [0, 0.1) is 0 Å². The molecule has 9 nitrogen and oxygen atoms in total. The van der Waals surface area contributed by atoms with Gasteiger partial charge in [-0.2, -0.15) is 4.98 Å². The molecule has 43 heavy (non-hydrogen) atoms. The molecule has 214 valence electrons. The van der Waals surface area contributed by atoms with E-state index in [1.807, 2.05) is 49.4 Å². The number of benzene rings is 4. The second-order valence-corrected chi connectivity index (χ2v) is 11.5. The van der Waals surface area contributed by atoms with Crippen LogP contribution < -0.4 is 10.3 Å². The number of oxazole rings is 1. The van der Waals surface area contributed by atoms with E-state index in [1.165, 1.54) is 6.07 Å². The van der Waals surface area contributed by atoms with Gasteiger partial charge in [0, 0.05) is 23.1 Å². The van der Waals surface area contributed by atoms with Crippen LogP contribution in [-0.4, -0.2) is 28.9 Å². The van der Waals surface area contributed by atoms with Crippen molar-refractivity contribution in [1.29, 1.82) is 0 Å². The molecule has 0 saturated heterocycles. The van der Waals surface area contributed by atoms with E-state index < -0.39 is 15.9 Å². The quantitative estimate of drug-likeness (QED) is 0.250. The molecule has 10 heteroatoms. The lowest BCUT2D eigenvalue weighted by molar-refractivity contribution is 0.0981. The summed E-state index contributed by atoms with van der Waals surface area (Å²) in [6, 6.07) is 31.2. The zero-order valence-electron chi connectivity index (χ0n) is 23.1. The monoisotopic (exact) mass is 590 g/mol. The number of rotatable bonds is 8. The number of fused-ring (bicyclic) bond motifs is 1. The van der Waals surface area contributed by atoms with E-state index in [-0.39, 0.29) is 33.8 Å². The minimum atomic E-state index is -4.17. The van der Waals surface area contributed by atoms with Crippen LogP contribution in [0.25, 0.3) is 33.8 Å². The molecule has 1 N–H and O–H groups in total. The Bertz CT molecular complexity index is 2110. The molecule has 0 fully saturated rings. The highest BCUT2D eigenvalue weighted by molar-refractivity contribution is 7.90. The maximum atomic E-state index is 13.5. The van der Waals surface area contributed by atoms with Crippen molar-refractivity contribution in [3.05, 3.63) is 136 Å². The van der Waals surface area contributed by atoms with Crippen molar-refractivity contribution in [2.75, 3.05) is 0 Å². The molecule has 0 unspecified atom stereocenters. The summed E-state index contributed by atoms with van der Waals surface area (Å²) in [7, 11) is -4.17. The summed E-state index contributed by atoms with van der Waals surface area (Å²) < 4.78 is 36.0. The van der Waals surface area contributed by atoms with Gasteiger partial charge in [-0.3, -0.25) is 14.2 Å². The highest BCUT2D eigenvalue weighted by atomic mass is 32.2. The number of hydrogen-bond donors (Lipinski definition) is 1. The van der Waals surface area contributed by atoms with Gasteiger partial charge in [-0.05, 0) is 41.5 Å². The lowest BCUT2D eigenvalue weighted by Crippen LogP contribution is -2.30. The van der Waals surface area contributed by atoms with E-state index in [0.29, 0.717) is 29.3 Å². The van der Waals surface area contributed by atoms with Crippen LogP contribution >= 0.6 is 0 Å². The minimum Gasteiger partial charge on any atom is -0.428 e. The van der Waals surface area contributed by atoms with Crippen LogP contribution in [-0.2, 0) is 23.0 Å². The molecule has 2 heterocycles. The third kappa shape index (κ3) is 5.60. The third-order valence-electron chi connectivity index (χ3n) is 6.98. The number of aromatic nitrogens is 3. The van der Waals surface area contributed by atoms with Gasteiger partial charge in [0.2, 0.25) is 17.1 Å². The molecule has 0 saturated carbocycles. The molecule has 0 spiro atoms. The topological polar surface area (TPSA) is 124 Å². The second kappa shape index (κ2) is 11.5. The van der Waals surface area contributed by atoms with Crippen molar-refractivity contribution >= 4 is 27.2 Å². The van der Waals surface area contributed by atoms with Gasteiger partial charge in [-0.1, -0.05) is 85.8 Å². The Kier molecular flexibility index (Phi) is 7.43. The number of nitrogens with one attached hydrogen (secondary N) is 1. The number of aryl methyl sites for hydroxylation is 1. The first kappa shape index (κ1) is 27.8. The highest BCUT2D eigenvalue weighted by Gasteiger charge is 2.23. The molecule has 2 aromatic heterocycles. The molecule has 0 bridgehead atoms. The highest BCUT2D eigenvalue weighted by Crippen LogP contribution is 2.28. The van der Waals surface area contributed by atoms with Gasteiger partial charge >= 0.3 is 0 Å². The molecule has 0 atom stereocenters. The molecule has 0 radical (unpaired) electrons. The number of carbonyl (C=O) groups excluding carboxylic acids is 1. The predicted molar refractivity (Wildman–Crippen MR) is 163 cm³/mol. The van der Waals surface area contributed by atoms with Crippen molar-refractivity contribution in [1.82, 2.24) is 19.3 Å². The fraction of sp³-hybridized carbons (Fsp3) is 0.0909. The first-order valence-electron chi connectivity index (χ1n) is 13.6. The Labute approximate surface area is 247 Å². The molecule has 0 aliphatic rings. The van der Waals surface area contributed by atoms with E-state index in [1.54, 1.807) is 65.2 Å². The first-order chi connectivity index (χ1) is 20.8. The molecule has 6 rings (SSSR count). The average Bonchev–Trinajstić information content (AvgIpc) is 3.48. The van der Waals surface area contributed by atoms with Crippen molar-refractivity contribution in [2.45, 2.75) is 24.8 Å².